The highest BCUT2D eigenvalue weighted by atomic mass is 32.2. The maximum absolute atomic E-state index is 11.8. The zero-order chi connectivity index (χ0) is 22.9. The van der Waals surface area contributed by atoms with Crippen LogP contribution < -0.4 is 14.8 Å². The Hall–Kier alpha value is -4.10. The van der Waals surface area contributed by atoms with Gasteiger partial charge in [-0.25, -0.2) is 4.79 Å². The van der Waals surface area contributed by atoms with Crippen LogP contribution in [-0.4, -0.2) is 37.5 Å². The molecule has 1 amide bonds. The summed E-state index contributed by atoms with van der Waals surface area (Å²) in [5.41, 5.74) is 2.09. The van der Waals surface area contributed by atoms with E-state index in [-0.39, 0.29) is 16.7 Å². The summed E-state index contributed by atoms with van der Waals surface area (Å²) in [4.78, 5) is 23.3. The fraction of sp³-hybridized carbons (Fsp3) is 0.136. The normalized spacial score (nSPS) is 15.6. The van der Waals surface area contributed by atoms with Crippen LogP contribution in [-0.2, 0) is 20.9 Å². The number of carbonyl (C=O) groups excluding carboxylic acids is 2. The Balaban J connectivity index is 1.68. The van der Waals surface area contributed by atoms with E-state index in [2.05, 4.69) is 26.3 Å². The molecule has 10 heteroatoms. The van der Waals surface area contributed by atoms with Gasteiger partial charge < -0.3 is 14.2 Å². The Morgan fingerprint density at radius 1 is 1.22 bits per heavy atom. The molecule has 1 aliphatic heterocycles. The number of hydrogen-bond donors (Lipinski definition) is 1. The first-order valence-electron chi connectivity index (χ1n) is 9.22. The Labute approximate surface area is 188 Å². The van der Waals surface area contributed by atoms with Crippen molar-refractivity contribution < 1.29 is 23.8 Å². The lowest BCUT2D eigenvalue weighted by molar-refractivity contribution is -0.135. The lowest BCUT2D eigenvalue weighted by Gasteiger charge is -2.11. The molecule has 9 nitrogen and oxygen atoms in total. The van der Waals surface area contributed by atoms with E-state index < -0.39 is 11.9 Å². The number of amides is 1. The second-order valence-corrected chi connectivity index (χ2v) is 7.26. The summed E-state index contributed by atoms with van der Waals surface area (Å²) < 4.78 is 15.7. The number of thioether (sulfide) groups is 1. The van der Waals surface area contributed by atoms with Crippen LogP contribution in [0.2, 0.25) is 0 Å². The highest BCUT2D eigenvalue weighted by Gasteiger charge is 2.25. The monoisotopic (exact) mass is 450 g/mol. The van der Waals surface area contributed by atoms with Crippen LogP contribution in [0.5, 0.6) is 11.5 Å². The highest BCUT2D eigenvalue weighted by Crippen LogP contribution is 2.24. The molecule has 32 heavy (non-hydrogen) atoms. The molecular weight excluding hydrogens is 432 g/mol. The number of carbonyl (C=O) groups is 2. The third-order valence-electron chi connectivity index (χ3n) is 4.14. The van der Waals surface area contributed by atoms with E-state index in [1.807, 2.05) is 6.07 Å². The number of esters is 1. The van der Waals surface area contributed by atoms with E-state index in [1.54, 1.807) is 43.5 Å². The van der Waals surface area contributed by atoms with Crippen molar-refractivity contribution in [3.63, 3.8) is 0 Å². The fourth-order valence-electron chi connectivity index (χ4n) is 2.57. The third-order valence-corrected chi connectivity index (χ3v) is 5.04. The van der Waals surface area contributed by atoms with Crippen LogP contribution in [0.4, 0.5) is 0 Å². The summed E-state index contributed by atoms with van der Waals surface area (Å²) in [6.45, 7) is 0.249. The smallest absolute Gasteiger partial charge is 0.331 e. The fourth-order valence-corrected chi connectivity index (χ4v) is 3.31. The molecular formula is C22H18N4O5S. The molecule has 0 saturated carbocycles. The van der Waals surface area contributed by atoms with Crippen LogP contribution in [0, 0.1) is 11.3 Å². The van der Waals surface area contributed by atoms with Gasteiger partial charge in [0.05, 0.1) is 37.0 Å². The minimum Gasteiger partial charge on any atom is -0.496 e. The average Bonchev–Trinajstić information content (AvgIpc) is 3.16. The van der Waals surface area contributed by atoms with E-state index in [4.69, 9.17) is 14.7 Å². The van der Waals surface area contributed by atoms with E-state index >= 15 is 0 Å². The zero-order valence-electron chi connectivity index (χ0n) is 17.2. The summed E-state index contributed by atoms with van der Waals surface area (Å²) in [6.07, 6.45) is 2.61. The summed E-state index contributed by atoms with van der Waals surface area (Å²) in [5, 5.41) is 19.6. The molecule has 0 aromatic heterocycles. The molecule has 0 atom stereocenters. The molecule has 1 saturated heterocycles. The first-order chi connectivity index (χ1) is 15.5. The van der Waals surface area contributed by atoms with Crippen LogP contribution in [0.25, 0.3) is 0 Å². The van der Waals surface area contributed by atoms with Gasteiger partial charge >= 0.3 is 5.97 Å². The van der Waals surface area contributed by atoms with Crippen molar-refractivity contribution in [2.24, 2.45) is 10.2 Å². The summed E-state index contributed by atoms with van der Waals surface area (Å²) in [6, 6.07) is 14.3. The van der Waals surface area contributed by atoms with Crippen molar-refractivity contribution >= 4 is 35.0 Å². The number of nitrogens with one attached hydrogen (secondary N) is 1. The lowest BCUT2D eigenvalue weighted by Crippen LogP contribution is -2.19. The molecule has 1 aliphatic rings. The van der Waals surface area contributed by atoms with Crippen molar-refractivity contribution in [3.05, 3.63) is 70.1 Å². The number of hydrogen-bond acceptors (Lipinski definition) is 9. The number of ether oxygens (including phenoxy) is 3. The van der Waals surface area contributed by atoms with Gasteiger partial charge in [-0.3, -0.25) is 10.1 Å². The van der Waals surface area contributed by atoms with Crippen LogP contribution >= 0.6 is 11.8 Å². The number of amidine groups is 1. The summed E-state index contributed by atoms with van der Waals surface area (Å²) >= 11 is 0.991. The van der Waals surface area contributed by atoms with Gasteiger partial charge in [0.1, 0.15) is 18.1 Å². The third kappa shape index (κ3) is 5.96. The first kappa shape index (κ1) is 22.6. The van der Waals surface area contributed by atoms with Gasteiger partial charge in [-0.1, -0.05) is 0 Å². The molecule has 0 aliphatic carbocycles. The molecule has 0 radical (unpaired) electrons. The molecule has 1 fully saturated rings. The topological polar surface area (TPSA) is 122 Å². The molecule has 162 valence electrons. The Kier molecular flexibility index (Phi) is 7.61. The SMILES string of the molecule is COC(=O)/C=C1/S/C(=N\N=Cc2ccc(OC)c(COc3ccc(C#N)cc3)c2)NC1=O. The number of rotatable bonds is 7. The van der Waals surface area contributed by atoms with Crippen molar-refractivity contribution in [1.82, 2.24) is 5.32 Å². The predicted molar refractivity (Wildman–Crippen MR) is 119 cm³/mol. The first-order valence-corrected chi connectivity index (χ1v) is 10.0. The lowest BCUT2D eigenvalue weighted by atomic mass is 10.1. The maximum atomic E-state index is 11.8. The number of nitrogens with zero attached hydrogens (tertiary/aromatic N) is 3. The average molecular weight is 450 g/mol. The van der Waals surface area contributed by atoms with E-state index in [0.717, 1.165) is 29.0 Å². The van der Waals surface area contributed by atoms with Gasteiger partial charge in [0.2, 0.25) is 0 Å². The van der Waals surface area contributed by atoms with Crippen molar-refractivity contribution in [2.75, 3.05) is 14.2 Å². The number of benzene rings is 2. The minimum atomic E-state index is -0.624. The van der Waals surface area contributed by atoms with E-state index in [0.29, 0.717) is 17.1 Å². The minimum absolute atomic E-state index is 0.178. The summed E-state index contributed by atoms with van der Waals surface area (Å²) in [7, 11) is 2.80. The number of methoxy groups -OCH3 is 2. The molecule has 0 bridgehead atoms. The molecule has 2 aromatic carbocycles. The van der Waals surface area contributed by atoms with Crippen LogP contribution in [0.1, 0.15) is 16.7 Å². The molecule has 1 N–H and O–H groups in total. The van der Waals surface area contributed by atoms with E-state index in [1.165, 1.54) is 13.3 Å². The standard InChI is InChI=1S/C22H18N4O5S/c1-29-18-8-5-15(9-16(18)13-31-17-6-3-14(11-23)4-7-17)12-24-26-22-25-21(28)19(32-22)10-20(27)30-2/h3-10,12H,13H2,1-2H3,(H,25,26,28)/b19-10+,24-12?. The van der Waals surface area contributed by atoms with Crippen LogP contribution in [0.3, 0.4) is 0 Å². The second-order valence-electron chi connectivity index (χ2n) is 6.23. The van der Waals surface area contributed by atoms with Crippen molar-refractivity contribution in [1.29, 1.82) is 5.26 Å². The van der Waals surface area contributed by atoms with Crippen molar-refractivity contribution in [3.8, 4) is 17.6 Å². The predicted octanol–water partition coefficient (Wildman–Crippen LogP) is 2.76. The quantitative estimate of drug-likeness (QED) is 0.298. The van der Waals surface area contributed by atoms with Gasteiger partial charge in [0.25, 0.3) is 5.91 Å². The van der Waals surface area contributed by atoms with Gasteiger partial charge in [-0.15, -0.1) is 5.10 Å². The molecule has 1 heterocycles. The Morgan fingerprint density at radius 3 is 2.69 bits per heavy atom. The van der Waals surface area contributed by atoms with Gasteiger partial charge in [-0.2, -0.15) is 10.4 Å². The molecule has 3 rings (SSSR count). The van der Waals surface area contributed by atoms with Gasteiger partial charge in [0.15, 0.2) is 5.17 Å². The largest absolute Gasteiger partial charge is 0.496 e. The maximum Gasteiger partial charge on any atom is 0.331 e. The Bertz CT molecular complexity index is 1150. The number of nitriles is 1. The second kappa shape index (κ2) is 10.8. The molecule has 0 unspecified atom stereocenters. The summed E-state index contributed by atoms with van der Waals surface area (Å²) in [5.74, 6) is 0.210. The van der Waals surface area contributed by atoms with Gasteiger partial charge in [0, 0.05) is 11.6 Å². The van der Waals surface area contributed by atoms with Gasteiger partial charge in [-0.05, 0) is 59.8 Å². The Morgan fingerprint density at radius 2 is 2.00 bits per heavy atom. The molecule has 2 aromatic rings. The molecule has 0 spiro atoms. The highest BCUT2D eigenvalue weighted by molar-refractivity contribution is 8.18. The zero-order valence-corrected chi connectivity index (χ0v) is 18.0. The van der Waals surface area contributed by atoms with Crippen LogP contribution in [0.15, 0.2) is 63.6 Å². The van der Waals surface area contributed by atoms with Crippen molar-refractivity contribution in [2.45, 2.75) is 6.61 Å². The van der Waals surface area contributed by atoms with E-state index in [9.17, 15) is 9.59 Å².